The summed E-state index contributed by atoms with van der Waals surface area (Å²) in [5.74, 6) is 0.811. The number of likely N-dealkylation sites (N-methyl/N-ethyl adjacent to an activating group) is 1. The van der Waals surface area contributed by atoms with E-state index in [1.165, 1.54) is 11.1 Å². The second kappa shape index (κ2) is 9.17. The van der Waals surface area contributed by atoms with Gasteiger partial charge in [0.15, 0.2) is 5.13 Å². The minimum absolute atomic E-state index is 0.0327. The molecule has 3 rings (SSSR count). The Balaban J connectivity index is 1.75. The van der Waals surface area contributed by atoms with Crippen molar-refractivity contribution in [3.05, 3.63) is 53.6 Å². The van der Waals surface area contributed by atoms with Gasteiger partial charge in [0.1, 0.15) is 5.75 Å². The van der Waals surface area contributed by atoms with Gasteiger partial charge in [0.25, 0.3) is 0 Å². The fourth-order valence-electron chi connectivity index (χ4n) is 2.82. The number of hydrogen-bond donors (Lipinski definition) is 0. The Kier molecular flexibility index (Phi) is 6.65. The summed E-state index contributed by atoms with van der Waals surface area (Å²) >= 11 is 1.57. The van der Waals surface area contributed by atoms with Crippen LogP contribution in [0.4, 0.5) is 5.13 Å². The number of ether oxygens (including phenoxy) is 1. The fourth-order valence-corrected chi connectivity index (χ4v) is 3.91. The maximum atomic E-state index is 13.0. The molecular formula is C22H27N3O2S. The molecule has 0 spiro atoms. The number of anilines is 1. The smallest absolute Gasteiger partial charge is 0.232 e. The SMILES string of the molecule is Cc1cc2nc(N(CCN(C)C)C(=O)CCOc3ccccc3)sc2cc1C. The Morgan fingerprint density at radius 2 is 1.79 bits per heavy atom. The van der Waals surface area contributed by atoms with Crippen molar-refractivity contribution in [2.45, 2.75) is 20.3 Å². The summed E-state index contributed by atoms with van der Waals surface area (Å²) in [7, 11) is 4.01. The molecule has 0 N–H and O–H groups in total. The van der Waals surface area contributed by atoms with E-state index in [1.54, 1.807) is 16.2 Å². The Labute approximate surface area is 170 Å². The number of rotatable bonds is 8. The average molecular weight is 398 g/mol. The van der Waals surface area contributed by atoms with Gasteiger partial charge >= 0.3 is 0 Å². The van der Waals surface area contributed by atoms with E-state index in [0.717, 1.165) is 27.6 Å². The molecule has 2 aromatic carbocycles. The third kappa shape index (κ3) is 5.09. The van der Waals surface area contributed by atoms with E-state index in [0.29, 0.717) is 19.6 Å². The van der Waals surface area contributed by atoms with Gasteiger partial charge in [-0.15, -0.1) is 0 Å². The molecule has 28 heavy (non-hydrogen) atoms. The molecule has 0 aliphatic carbocycles. The minimum Gasteiger partial charge on any atom is -0.493 e. The van der Waals surface area contributed by atoms with Gasteiger partial charge in [-0.3, -0.25) is 9.69 Å². The lowest BCUT2D eigenvalue weighted by Gasteiger charge is -2.22. The zero-order valence-corrected chi connectivity index (χ0v) is 17.8. The minimum atomic E-state index is 0.0327. The maximum Gasteiger partial charge on any atom is 0.232 e. The van der Waals surface area contributed by atoms with Crippen molar-refractivity contribution in [2.24, 2.45) is 0 Å². The van der Waals surface area contributed by atoms with Crippen molar-refractivity contribution in [3.8, 4) is 5.75 Å². The van der Waals surface area contributed by atoms with Gasteiger partial charge in [0.2, 0.25) is 5.91 Å². The van der Waals surface area contributed by atoms with E-state index in [2.05, 4.69) is 30.9 Å². The van der Waals surface area contributed by atoms with E-state index in [4.69, 9.17) is 9.72 Å². The van der Waals surface area contributed by atoms with Gasteiger partial charge in [-0.1, -0.05) is 29.5 Å². The van der Waals surface area contributed by atoms with Crippen LogP contribution in [0.15, 0.2) is 42.5 Å². The zero-order chi connectivity index (χ0) is 20.1. The van der Waals surface area contributed by atoms with Crippen LogP contribution >= 0.6 is 11.3 Å². The van der Waals surface area contributed by atoms with Crippen molar-refractivity contribution >= 4 is 32.6 Å². The van der Waals surface area contributed by atoms with Gasteiger partial charge in [-0.05, 0) is 63.3 Å². The lowest BCUT2D eigenvalue weighted by atomic mass is 10.1. The summed E-state index contributed by atoms with van der Waals surface area (Å²) in [6, 6.07) is 13.8. The largest absolute Gasteiger partial charge is 0.493 e. The third-order valence-electron chi connectivity index (χ3n) is 4.62. The van der Waals surface area contributed by atoms with Crippen LogP contribution < -0.4 is 9.64 Å². The van der Waals surface area contributed by atoms with Gasteiger partial charge in [-0.2, -0.15) is 0 Å². The number of nitrogens with zero attached hydrogens (tertiary/aromatic N) is 3. The van der Waals surface area contributed by atoms with Crippen molar-refractivity contribution in [1.29, 1.82) is 0 Å². The first-order valence-corrected chi connectivity index (χ1v) is 10.3. The quantitative estimate of drug-likeness (QED) is 0.569. The molecule has 0 atom stereocenters. The van der Waals surface area contributed by atoms with E-state index >= 15 is 0 Å². The first-order chi connectivity index (χ1) is 13.4. The number of fused-ring (bicyclic) bond motifs is 1. The summed E-state index contributed by atoms with van der Waals surface area (Å²) < 4.78 is 6.82. The number of aromatic nitrogens is 1. The van der Waals surface area contributed by atoms with E-state index < -0.39 is 0 Å². The van der Waals surface area contributed by atoms with Crippen LogP contribution in [0.5, 0.6) is 5.75 Å². The molecule has 6 heteroatoms. The summed E-state index contributed by atoms with van der Waals surface area (Å²) in [5.41, 5.74) is 3.41. The second-order valence-corrected chi connectivity index (χ2v) is 8.17. The number of para-hydroxylation sites is 1. The standard InChI is InChI=1S/C22H27N3O2S/c1-16-14-19-20(15-17(16)2)28-22(23-19)25(12-11-24(3)4)21(26)10-13-27-18-8-6-5-7-9-18/h5-9,14-15H,10-13H2,1-4H3. The molecule has 148 valence electrons. The lowest BCUT2D eigenvalue weighted by Crippen LogP contribution is -2.37. The van der Waals surface area contributed by atoms with Crippen LogP contribution in [0.3, 0.4) is 0 Å². The molecule has 1 amide bonds. The molecular weight excluding hydrogens is 370 g/mol. The van der Waals surface area contributed by atoms with Gasteiger partial charge in [-0.25, -0.2) is 4.98 Å². The van der Waals surface area contributed by atoms with Crippen molar-refractivity contribution < 1.29 is 9.53 Å². The van der Waals surface area contributed by atoms with Crippen LogP contribution in [-0.4, -0.2) is 49.6 Å². The molecule has 0 unspecified atom stereocenters. The molecule has 0 saturated carbocycles. The Hall–Kier alpha value is -2.44. The highest BCUT2D eigenvalue weighted by Gasteiger charge is 2.20. The molecule has 0 aliphatic heterocycles. The number of carbonyl (C=O) groups excluding carboxylic acids is 1. The average Bonchev–Trinajstić information content (AvgIpc) is 3.05. The third-order valence-corrected chi connectivity index (χ3v) is 5.66. The molecule has 0 radical (unpaired) electrons. The first kappa shape index (κ1) is 20.3. The Morgan fingerprint density at radius 3 is 2.50 bits per heavy atom. The number of carbonyl (C=O) groups is 1. The van der Waals surface area contributed by atoms with Crippen molar-refractivity contribution in [1.82, 2.24) is 9.88 Å². The molecule has 0 aliphatic rings. The van der Waals surface area contributed by atoms with Gasteiger partial charge in [0, 0.05) is 13.1 Å². The lowest BCUT2D eigenvalue weighted by molar-refractivity contribution is -0.119. The highest BCUT2D eigenvalue weighted by Crippen LogP contribution is 2.31. The fraction of sp³-hybridized carbons (Fsp3) is 0.364. The van der Waals surface area contributed by atoms with E-state index in [9.17, 15) is 4.79 Å². The molecule has 0 bridgehead atoms. The number of hydrogen-bond acceptors (Lipinski definition) is 5. The number of benzene rings is 2. The first-order valence-electron chi connectivity index (χ1n) is 9.45. The molecule has 5 nitrogen and oxygen atoms in total. The normalized spacial score (nSPS) is 11.2. The molecule has 3 aromatic rings. The summed E-state index contributed by atoms with van der Waals surface area (Å²) in [4.78, 5) is 21.6. The summed E-state index contributed by atoms with van der Waals surface area (Å²) in [5, 5.41) is 0.756. The molecule has 1 aromatic heterocycles. The van der Waals surface area contributed by atoms with Crippen LogP contribution in [0.1, 0.15) is 17.5 Å². The van der Waals surface area contributed by atoms with Crippen LogP contribution in [0, 0.1) is 13.8 Å². The van der Waals surface area contributed by atoms with E-state index in [1.807, 2.05) is 44.4 Å². The van der Waals surface area contributed by atoms with Gasteiger partial charge in [0.05, 0.1) is 23.2 Å². The highest BCUT2D eigenvalue weighted by atomic mass is 32.1. The number of thiazole rings is 1. The maximum absolute atomic E-state index is 13.0. The molecule has 1 heterocycles. The van der Waals surface area contributed by atoms with Crippen LogP contribution in [-0.2, 0) is 4.79 Å². The predicted molar refractivity (Wildman–Crippen MR) is 117 cm³/mol. The monoisotopic (exact) mass is 397 g/mol. The van der Waals surface area contributed by atoms with E-state index in [-0.39, 0.29) is 5.91 Å². The van der Waals surface area contributed by atoms with Crippen LogP contribution in [0.2, 0.25) is 0 Å². The zero-order valence-electron chi connectivity index (χ0n) is 16.9. The number of amides is 1. The number of aryl methyl sites for hydroxylation is 2. The van der Waals surface area contributed by atoms with Crippen molar-refractivity contribution in [3.63, 3.8) is 0 Å². The predicted octanol–water partition coefficient (Wildman–Crippen LogP) is 4.28. The molecule has 0 fully saturated rings. The van der Waals surface area contributed by atoms with Gasteiger partial charge < -0.3 is 9.64 Å². The molecule has 0 saturated heterocycles. The second-order valence-electron chi connectivity index (χ2n) is 7.16. The van der Waals surface area contributed by atoms with Crippen molar-refractivity contribution in [2.75, 3.05) is 38.7 Å². The Morgan fingerprint density at radius 1 is 1.07 bits per heavy atom. The summed E-state index contributed by atoms with van der Waals surface area (Å²) in [6.45, 7) is 5.92. The van der Waals surface area contributed by atoms with Crippen LogP contribution in [0.25, 0.3) is 10.2 Å². The highest BCUT2D eigenvalue weighted by molar-refractivity contribution is 7.22. The summed E-state index contributed by atoms with van der Waals surface area (Å²) in [6.07, 6.45) is 0.316. The topological polar surface area (TPSA) is 45.7 Å². The Bertz CT molecular complexity index is 899.